The molecule has 8 rings (SSSR count). The highest BCUT2D eigenvalue weighted by molar-refractivity contribution is 7.87. The Kier molecular flexibility index (Phi) is 14.5. The fourth-order valence-electron chi connectivity index (χ4n) is 7.07. The molecule has 0 spiro atoms. The molecule has 0 aliphatic heterocycles. The summed E-state index contributed by atoms with van der Waals surface area (Å²) < 4.78 is 173. The van der Waals surface area contributed by atoms with Crippen molar-refractivity contribution in [3.8, 4) is 17.2 Å². The molecule has 9 N–H and O–H groups in total. The van der Waals surface area contributed by atoms with Crippen LogP contribution >= 0.6 is 11.6 Å². The van der Waals surface area contributed by atoms with Gasteiger partial charge in [0.15, 0.2) is 11.5 Å². The molecule has 0 radical (unpaired) electrons. The minimum Gasteiger partial charge on any atom is -0.505 e. The van der Waals surface area contributed by atoms with Crippen LogP contribution in [-0.4, -0.2) is 89.8 Å². The summed E-state index contributed by atoms with van der Waals surface area (Å²) in [6.45, 7) is 0. The number of non-ortho nitro benzene ring substituents is 1. The number of hydrogen-bond donors (Lipinski definition) is 8. The average molecular weight is 1190 g/mol. The van der Waals surface area contributed by atoms with Crippen LogP contribution in [0.5, 0.6) is 11.5 Å². The molecule has 402 valence electrons. The van der Waals surface area contributed by atoms with Gasteiger partial charge < -0.3 is 15.9 Å². The number of anilines is 1. The van der Waals surface area contributed by atoms with Crippen molar-refractivity contribution in [3.63, 3.8) is 0 Å². The summed E-state index contributed by atoms with van der Waals surface area (Å²) in [5.41, 5.74) is 1.49. The molecule has 31 nitrogen and oxygen atoms in total. The third-order valence-electron chi connectivity index (χ3n) is 10.6. The van der Waals surface area contributed by atoms with Crippen molar-refractivity contribution in [2.45, 2.75) is 24.5 Å². The smallest absolute Gasteiger partial charge is 0.297 e. The molecule has 0 fully saturated rings. The van der Waals surface area contributed by atoms with Crippen LogP contribution in [0.4, 0.5) is 56.9 Å². The number of nitrogens with two attached hydrogens (primary N) is 1. The topological polar surface area (TPSA) is 498 Å². The van der Waals surface area contributed by atoms with E-state index in [1.54, 1.807) is 0 Å². The van der Waals surface area contributed by atoms with Crippen LogP contribution in [-0.2, 0) is 50.6 Å². The van der Waals surface area contributed by atoms with Gasteiger partial charge in [-0.1, -0.05) is 17.7 Å². The number of halogens is 1. The summed E-state index contributed by atoms with van der Waals surface area (Å²) in [6.07, 6.45) is 2.45. The lowest BCUT2D eigenvalue weighted by atomic mass is 10.1. The molecule has 0 unspecified atom stereocenters. The quantitative estimate of drug-likeness (QED) is 0.0155. The lowest BCUT2D eigenvalue weighted by molar-refractivity contribution is -0.385. The zero-order chi connectivity index (χ0) is 57.0. The Labute approximate surface area is 441 Å². The van der Waals surface area contributed by atoms with Gasteiger partial charge in [-0.05, 0) is 84.2 Å². The Morgan fingerprint density at radius 3 is 1.72 bits per heavy atom. The molecule has 0 amide bonds. The maximum Gasteiger partial charge on any atom is 0.297 e. The summed E-state index contributed by atoms with van der Waals surface area (Å²) in [5.74, 6) is -1.85. The third-order valence-corrected chi connectivity index (χ3v) is 15.3. The van der Waals surface area contributed by atoms with Crippen molar-refractivity contribution in [1.29, 1.82) is 0 Å². The molecule has 1 aromatic heterocycles. The van der Waals surface area contributed by atoms with Crippen LogP contribution in [0.15, 0.2) is 175 Å². The van der Waals surface area contributed by atoms with Crippen LogP contribution in [0, 0.1) is 10.1 Å². The molecule has 0 saturated heterocycles. The number of benzene rings is 7. The van der Waals surface area contributed by atoms with Crippen LogP contribution in [0.2, 0.25) is 5.02 Å². The first-order valence-corrected chi connectivity index (χ1v) is 28.1. The van der Waals surface area contributed by atoms with E-state index in [9.17, 15) is 85.2 Å². The van der Waals surface area contributed by atoms with Crippen molar-refractivity contribution in [1.82, 2.24) is 9.78 Å². The fraction of sp³-hybridized carbons (Fsp3) is 0. The number of rotatable bonds is 15. The summed E-state index contributed by atoms with van der Waals surface area (Å²) in [6, 6.07) is 15.6. The van der Waals surface area contributed by atoms with Crippen molar-refractivity contribution >= 4 is 141 Å². The van der Waals surface area contributed by atoms with Crippen LogP contribution in [0.3, 0.4) is 0 Å². The van der Waals surface area contributed by atoms with E-state index in [-0.39, 0.29) is 27.0 Å². The van der Waals surface area contributed by atoms with Crippen LogP contribution < -0.4 is 5.73 Å². The van der Waals surface area contributed by atoms with E-state index in [0.717, 1.165) is 72.9 Å². The highest BCUT2D eigenvalue weighted by Crippen LogP contribution is 2.47. The van der Waals surface area contributed by atoms with Crippen molar-refractivity contribution in [2.24, 2.45) is 40.9 Å². The number of nitrogens with zero attached hydrogens (tertiary/aromatic N) is 11. The van der Waals surface area contributed by atoms with Gasteiger partial charge in [0.1, 0.15) is 53.7 Å². The number of azo groups is 4. The minimum atomic E-state index is -5.31. The first kappa shape index (κ1) is 55.5. The minimum absolute atomic E-state index is 0.00839. The van der Waals surface area contributed by atoms with Gasteiger partial charge in [-0.3, -0.25) is 32.9 Å². The molecule has 0 aliphatic carbocycles. The molecule has 0 bridgehead atoms. The monoisotopic (exact) mass is 1190 g/mol. The molecule has 37 heteroatoms. The SMILES string of the molecule is Nc1c(N=Nc2ccc3c(O)c(N=Nc4cc(Cl)c(N=Nc5cnn(-c6ccc(S(=O)(=O)O)cc6)c5)c(S(=O)(=O)O)c4)c(S(=O)(=O)O)cc3c2)cc(S(=O)(=O)O)c2ccc(N=Nc3ccc([N+](=O)[O-])cc3S(=O)(=O)O)c(O)c12. The van der Waals surface area contributed by atoms with Gasteiger partial charge in [0, 0.05) is 22.9 Å². The molecule has 0 atom stereocenters. The standard InChI is InChI=1S/C41H27ClN12O19S5/c42-28-13-21(14-35(78(71,72)73)38(28)51-47-22-17-44-53(18-22)23-2-5-25(6-3-23)74(59,60)61)46-52-39-34(77(68,69)70)12-19-11-20(1-7-26(19)40(39)55)45-50-31-16-32(75(62,63)64)27-8-10-30(41(56)36(27)37(31)43)49-48-29-9-4-24(54(57)58)15-33(29)76(65,66)67/h1-18,55-56H,43H2,(H,59,60,61)(H,62,63,64)(H,65,66,67)(H,68,69,70)(H,71,72,73). The number of phenolic OH excluding ortho intramolecular Hbond substituents is 2. The van der Waals surface area contributed by atoms with Gasteiger partial charge >= 0.3 is 0 Å². The number of nitro benzene ring substituents is 1. The Hall–Kier alpha value is -8.69. The first-order chi connectivity index (χ1) is 36.3. The summed E-state index contributed by atoms with van der Waals surface area (Å²) in [7, 11) is -25.3. The van der Waals surface area contributed by atoms with E-state index < -0.39 is 148 Å². The molecular weight excluding hydrogens is 1160 g/mol. The summed E-state index contributed by atoms with van der Waals surface area (Å²) in [5, 5.41) is 66.5. The predicted octanol–water partition coefficient (Wildman–Crippen LogP) is 9.63. The van der Waals surface area contributed by atoms with Gasteiger partial charge in [0.25, 0.3) is 56.3 Å². The van der Waals surface area contributed by atoms with Gasteiger partial charge in [0.05, 0.1) is 55.4 Å². The Bertz CT molecular complexity index is 4620. The van der Waals surface area contributed by atoms with Gasteiger partial charge in [-0.15, -0.1) is 30.7 Å². The largest absolute Gasteiger partial charge is 0.505 e. The normalized spacial score (nSPS) is 13.1. The zero-order valence-corrected chi connectivity index (χ0v) is 42.7. The van der Waals surface area contributed by atoms with Crippen molar-refractivity contribution < 1.29 is 80.0 Å². The van der Waals surface area contributed by atoms with Crippen molar-refractivity contribution in [2.75, 3.05) is 5.73 Å². The van der Waals surface area contributed by atoms with E-state index in [0.29, 0.717) is 17.8 Å². The predicted molar refractivity (Wildman–Crippen MR) is 270 cm³/mol. The summed E-state index contributed by atoms with van der Waals surface area (Å²) >= 11 is 6.34. The number of nitro groups is 1. The fourth-order valence-corrected chi connectivity index (χ4v) is 10.5. The van der Waals surface area contributed by atoms with Crippen molar-refractivity contribution in [3.05, 3.63) is 125 Å². The summed E-state index contributed by atoms with van der Waals surface area (Å²) in [4.78, 5) is 5.89. The molecule has 7 aromatic carbocycles. The second-order valence-electron chi connectivity index (χ2n) is 15.6. The number of phenols is 2. The average Bonchev–Trinajstić information content (AvgIpc) is 3.89. The van der Waals surface area contributed by atoms with Gasteiger partial charge in [0.2, 0.25) is 0 Å². The highest BCUT2D eigenvalue weighted by Gasteiger charge is 2.26. The number of hydrogen-bond acceptors (Lipinski definition) is 24. The zero-order valence-electron chi connectivity index (χ0n) is 37.8. The molecule has 78 heavy (non-hydrogen) atoms. The number of aromatic nitrogens is 2. The molecular formula is C41H27ClN12O19S5. The molecule has 1 heterocycles. The number of fused-ring (bicyclic) bond motifs is 2. The first-order valence-electron chi connectivity index (χ1n) is 20.5. The highest BCUT2D eigenvalue weighted by atomic mass is 35.5. The van der Waals surface area contributed by atoms with Gasteiger partial charge in [-0.2, -0.15) is 57.4 Å². The molecule has 0 aliphatic rings. The number of nitrogen functional groups attached to an aromatic ring is 1. The van der Waals surface area contributed by atoms with E-state index in [1.165, 1.54) is 29.1 Å². The van der Waals surface area contributed by atoms with E-state index in [4.69, 9.17) is 17.3 Å². The van der Waals surface area contributed by atoms with E-state index in [2.05, 4.69) is 46.0 Å². The Balaban J connectivity index is 1.12. The maximum atomic E-state index is 12.7. The Morgan fingerprint density at radius 2 is 1.09 bits per heavy atom. The molecule has 0 saturated carbocycles. The van der Waals surface area contributed by atoms with E-state index in [1.807, 2.05) is 0 Å². The van der Waals surface area contributed by atoms with Gasteiger partial charge in [-0.25, -0.2) is 4.68 Å². The van der Waals surface area contributed by atoms with Crippen LogP contribution in [0.25, 0.3) is 27.2 Å². The second-order valence-corrected chi connectivity index (χ2v) is 23.0. The number of aromatic hydroxyl groups is 2. The second kappa shape index (κ2) is 20.4. The lowest BCUT2D eigenvalue weighted by Crippen LogP contribution is -2.01. The Morgan fingerprint density at radius 1 is 0.526 bits per heavy atom. The van der Waals surface area contributed by atoms with Crippen LogP contribution in [0.1, 0.15) is 0 Å². The third kappa shape index (κ3) is 11.7. The molecule has 8 aromatic rings. The lowest BCUT2D eigenvalue weighted by Gasteiger charge is -2.12. The maximum absolute atomic E-state index is 12.7. The van der Waals surface area contributed by atoms with E-state index >= 15 is 0 Å².